The molecule has 0 aliphatic heterocycles. The van der Waals surface area contributed by atoms with Gasteiger partial charge in [-0.3, -0.25) is 0 Å². The number of benzene rings is 2. The van der Waals surface area contributed by atoms with Gasteiger partial charge in [0.05, 0.1) is 16.7 Å². The lowest BCUT2D eigenvalue weighted by Crippen LogP contribution is -2.36. The summed E-state index contributed by atoms with van der Waals surface area (Å²) >= 11 is 6.21. The molecule has 0 saturated heterocycles. The lowest BCUT2D eigenvalue weighted by Gasteiger charge is -2.24. The van der Waals surface area contributed by atoms with Crippen LogP contribution < -0.4 is 0 Å². The van der Waals surface area contributed by atoms with E-state index in [2.05, 4.69) is 6.07 Å². The molecule has 0 aromatic heterocycles. The van der Waals surface area contributed by atoms with Crippen molar-refractivity contribution in [3.05, 3.63) is 64.2 Å². The van der Waals surface area contributed by atoms with Crippen LogP contribution >= 0.6 is 11.6 Å². The second-order valence-corrected chi connectivity index (χ2v) is 8.70. The number of aryl methyl sites for hydroxylation is 1. The first-order valence-electron chi connectivity index (χ1n) is 8.14. The monoisotopic (exact) mass is 391 g/mol. The highest BCUT2D eigenvalue weighted by atomic mass is 35.5. The molecule has 0 amide bonds. The summed E-state index contributed by atoms with van der Waals surface area (Å²) in [6.45, 7) is 2.99. The first kappa shape index (κ1) is 20.4. The molecular weight excluding hydrogens is 370 g/mol. The average Bonchev–Trinajstić information content (AvgIpc) is 2.58. The number of rotatable bonds is 7. The Morgan fingerprint density at radius 2 is 1.73 bits per heavy atom. The number of likely N-dealkylation sites (N-methyl/N-ethyl adjacent to an activating group) is 1. The maximum Gasteiger partial charge on any atom is 0.244 e. The fourth-order valence-electron chi connectivity index (χ4n) is 2.44. The smallest absolute Gasteiger partial charge is 0.244 e. The zero-order valence-electron chi connectivity index (χ0n) is 15.1. The fourth-order valence-corrected chi connectivity index (χ4v) is 4.43. The molecule has 7 heteroatoms. The van der Waals surface area contributed by atoms with Crippen molar-refractivity contribution in [2.24, 2.45) is 0 Å². The van der Waals surface area contributed by atoms with Crippen molar-refractivity contribution in [2.75, 3.05) is 27.2 Å². The molecule has 0 atom stereocenters. The van der Waals surface area contributed by atoms with Crippen molar-refractivity contribution in [3.8, 4) is 6.07 Å². The van der Waals surface area contributed by atoms with Crippen molar-refractivity contribution >= 4 is 21.6 Å². The normalized spacial score (nSPS) is 11.7. The lowest BCUT2D eigenvalue weighted by molar-refractivity contribution is 0.329. The van der Waals surface area contributed by atoms with E-state index >= 15 is 0 Å². The summed E-state index contributed by atoms with van der Waals surface area (Å²) in [4.78, 5) is 2.04. The van der Waals surface area contributed by atoms with Crippen molar-refractivity contribution in [2.45, 2.75) is 18.4 Å². The number of nitrogens with zero attached hydrogens (tertiary/aromatic N) is 3. The molecule has 0 bridgehead atoms. The summed E-state index contributed by atoms with van der Waals surface area (Å²) in [6, 6.07) is 13.9. The number of sulfonamides is 1. The van der Waals surface area contributed by atoms with Gasteiger partial charge in [0, 0.05) is 19.6 Å². The quantitative estimate of drug-likeness (QED) is 0.726. The van der Waals surface area contributed by atoms with Crippen molar-refractivity contribution in [1.29, 1.82) is 5.26 Å². The van der Waals surface area contributed by atoms with Crippen LogP contribution in [-0.2, 0) is 16.6 Å². The third-order valence-electron chi connectivity index (χ3n) is 3.94. The Labute approximate surface area is 160 Å². The van der Waals surface area contributed by atoms with Gasteiger partial charge in [0.25, 0.3) is 0 Å². The Balaban J connectivity index is 2.37. The third-order valence-corrected chi connectivity index (χ3v) is 6.27. The van der Waals surface area contributed by atoms with E-state index < -0.39 is 10.0 Å². The molecule has 2 rings (SSSR count). The van der Waals surface area contributed by atoms with Crippen LogP contribution in [0.5, 0.6) is 0 Å². The lowest BCUT2D eigenvalue weighted by atomic mass is 10.1. The molecule has 0 saturated carbocycles. The molecule has 5 nitrogen and oxygen atoms in total. The Morgan fingerprint density at radius 3 is 2.27 bits per heavy atom. The topological polar surface area (TPSA) is 64.4 Å². The summed E-state index contributed by atoms with van der Waals surface area (Å²) in [5, 5.41) is 9.13. The van der Waals surface area contributed by atoms with Crippen LogP contribution in [0.1, 0.15) is 16.7 Å². The van der Waals surface area contributed by atoms with Crippen LogP contribution in [0.4, 0.5) is 0 Å². The van der Waals surface area contributed by atoms with Crippen LogP contribution in [0.3, 0.4) is 0 Å². The molecule has 26 heavy (non-hydrogen) atoms. The molecule has 0 N–H and O–H groups in total. The number of nitriles is 1. The molecule has 0 heterocycles. The van der Waals surface area contributed by atoms with Gasteiger partial charge in [-0.1, -0.05) is 29.8 Å². The first-order valence-corrected chi connectivity index (χ1v) is 9.96. The highest BCUT2D eigenvalue weighted by Crippen LogP contribution is 2.26. The van der Waals surface area contributed by atoms with Gasteiger partial charge >= 0.3 is 0 Å². The second-order valence-electron chi connectivity index (χ2n) is 6.38. The summed E-state index contributed by atoms with van der Waals surface area (Å²) < 4.78 is 27.8. The maximum atomic E-state index is 13.2. The van der Waals surface area contributed by atoms with E-state index in [0.717, 1.165) is 11.1 Å². The highest BCUT2D eigenvalue weighted by molar-refractivity contribution is 7.89. The molecule has 0 radical (unpaired) electrons. The number of hydrogen-bond donors (Lipinski definition) is 0. The van der Waals surface area contributed by atoms with Crippen LogP contribution in [0.15, 0.2) is 47.4 Å². The van der Waals surface area contributed by atoms with Crippen molar-refractivity contribution < 1.29 is 8.42 Å². The fraction of sp³-hybridized carbons (Fsp3) is 0.316. The Morgan fingerprint density at radius 1 is 1.08 bits per heavy atom. The van der Waals surface area contributed by atoms with Crippen LogP contribution in [-0.4, -0.2) is 44.8 Å². The van der Waals surface area contributed by atoms with E-state index in [1.54, 1.807) is 42.5 Å². The van der Waals surface area contributed by atoms with Crippen LogP contribution in [0.25, 0.3) is 0 Å². The summed E-state index contributed by atoms with van der Waals surface area (Å²) in [6.07, 6.45) is 0. The minimum Gasteiger partial charge on any atom is -0.308 e. The molecule has 2 aromatic carbocycles. The Kier molecular flexibility index (Phi) is 6.79. The van der Waals surface area contributed by atoms with Gasteiger partial charge in [0.2, 0.25) is 10.0 Å². The predicted molar refractivity (Wildman–Crippen MR) is 103 cm³/mol. The summed E-state index contributed by atoms with van der Waals surface area (Å²) in [5.74, 6) is 0. The Hall–Kier alpha value is -1.91. The first-order chi connectivity index (χ1) is 12.2. The van der Waals surface area contributed by atoms with Gasteiger partial charge in [0.15, 0.2) is 0 Å². The maximum absolute atomic E-state index is 13.2. The molecule has 0 aliphatic carbocycles. The zero-order chi connectivity index (χ0) is 19.3. The SMILES string of the molecule is Cc1ccc(S(=O)(=O)N(CCN(C)C)Cc2ccc(C#N)cc2)c(Cl)c1. The highest BCUT2D eigenvalue weighted by Gasteiger charge is 2.27. The standard InChI is InChI=1S/C19H22ClN3O2S/c1-15-4-9-19(18(20)12-15)26(24,25)23(11-10-22(2)3)14-17-7-5-16(13-21)6-8-17/h4-9,12H,10-11,14H2,1-3H3. The van der Waals surface area contributed by atoms with E-state index in [-0.39, 0.29) is 16.5 Å². The summed E-state index contributed by atoms with van der Waals surface area (Å²) in [5.41, 5.74) is 2.26. The molecule has 2 aromatic rings. The minimum absolute atomic E-state index is 0.108. The van der Waals surface area contributed by atoms with Gasteiger partial charge in [-0.15, -0.1) is 0 Å². The average molecular weight is 392 g/mol. The molecule has 0 fully saturated rings. The number of hydrogen-bond acceptors (Lipinski definition) is 4. The minimum atomic E-state index is -3.75. The van der Waals surface area contributed by atoms with Gasteiger partial charge in [-0.05, 0) is 56.4 Å². The predicted octanol–water partition coefficient (Wildman–Crippen LogP) is 3.27. The van der Waals surface area contributed by atoms with Crippen LogP contribution in [0.2, 0.25) is 5.02 Å². The van der Waals surface area contributed by atoms with E-state index in [9.17, 15) is 8.42 Å². The molecular formula is C19H22ClN3O2S. The molecule has 0 unspecified atom stereocenters. The van der Waals surface area contributed by atoms with Gasteiger partial charge in [-0.25, -0.2) is 8.42 Å². The van der Waals surface area contributed by atoms with E-state index in [4.69, 9.17) is 16.9 Å². The zero-order valence-corrected chi connectivity index (χ0v) is 16.7. The van der Waals surface area contributed by atoms with Gasteiger partial charge in [-0.2, -0.15) is 9.57 Å². The molecule has 0 aliphatic rings. The van der Waals surface area contributed by atoms with Crippen molar-refractivity contribution in [1.82, 2.24) is 9.21 Å². The molecule has 138 valence electrons. The summed E-state index contributed by atoms with van der Waals surface area (Å²) in [7, 11) is 0.0401. The Bertz CT molecular complexity index is 903. The van der Waals surface area contributed by atoms with Gasteiger partial charge < -0.3 is 4.90 Å². The van der Waals surface area contributed by atoms with E-state index in [1.807, 2.05) is 25.9 Å². The van der Waals surface area contributed by atoms with Crippen LogP contribution in [0, 0.1) is 18.3 Å². The van der Waals surface area contributed by atoms with Gasteiger partial charge in [0.1, 0.15) is 4.90 Å². The second kappa shape index (κ2) is 8.65. The number of halogens is 1. The molecule has 0 spiro atoms. The van der Waals surface area contributed by atoms with E-state index in [0.29, 0.717) is 18.7 Å². The largest absolute Gasteiger partial charge is 0.308 e. The van der Waals surface area contributed by atoms with E-state index in [1.165, 1.54) is 4.31 Å². The van der Waals surface area contributed by atoms with Crippen molar-refractivity contribution in [3.63, 3.8) is 0 Å². The third kappa shape index (κ3) is 5.05.